The molecule has 0 amide bonds. The molecule has 2 rings (SSSR count). The van der Waals surface area contributed by atoms with Gasteiger partial charge in [-0.15, -0.1) is 11.6 Å². The summed E-state index contributed by atoms with van der Waals surface area (Å²) in [6.45, 7) is 2.01. The normalized spacial score (nSPS) is 11.2. The Labute approximate surface area is 108 Å². The van der Waals surface area contributed by atoms with Crippen LogP contribution < -0.4 is 0 Å². The molecule has 0 aliphatic heterocycles. The zero-order valence-corrected chi connectivity index (χ0v) is 11.0. The molecule has 0 unspecified atom stereocenters. The predicted octanol–water partition coefficient (Wildman–Crippen LogP) is 3.55. The number of hydrogen-bond acceptors (Lipinski definition) is 1. The number of benzene rings is 2. The Balaban J connectivity index is 2.13. The van der Waals surface area contributed by atoms with E-state index in [1.165, 1.54) is 16.3 Å². The van der Waals surface area contributed by atoms with Crippen LogP contribution in [-0.2, 0) is 6.42 Å². The lowest BCUT2D eigenvalue weighted by Gasteiger charge is -2.15. The highest BCUT2D eigenvalue weighted by Gasteiger charge is 2.02. The molecular formula is C15H18ClN. The van der Waals surface area contributed by atoms with Crippen LogP contribution in [0.25, 0.3) is 10.8 Å². The maximum Gasteiger partial charge on any atom is 0.0351 e. The number of likely N-dealkylation sites (N-methyl/N-ethyl adjacent to an activating group) is 1. The molecule has 0 spiro atoms. The monoisotopic (exact) mass is 247 g/mol. The molecule has 90 valence electrons. The molecule has 0 N–H and O–H groups in total. The Kier molecular flexibility index (Phi) is 4.41. The number of halogens is 1. The van der Waals surface area contributed by atoms with Gasteiger partial charge in [0.2, 0.25) is 0 Å². The van der Waals surface area contributed by atoms with Crippen LogP contribution in [-0.4, -0.2) is 30.9 Å². The summed E-state index contributed by atoms with van der Waals surface area (Å²) in [7, 11) is 2.12. The summed E-state index contributed by atoms with van der Waals surface area (Å²) in [6.07, 6.45) is 1.08. The maximum absolute atomic E-state index is 5.73. The highest BCUT2D eigenvalue weighted by molar-refractivity contribution is 6.18. The Morgan fingerprint density at radius 1 is 1.00 bits per heavy atom. The number of hydrogen-bond donors (Lipinski definition) is 0. The molecule has 0 aliphatic carbocycles. The van der Waals surface area contributed by atoms with E-state index in [1.807, 2.05) is 0 Å². The lowest BCUT2D eigenvalue weighted by Crippen LogP contribution is -2.23. The second-order valence-electron chi connectivity index (χ2n) is 4.38. The molecule has 0 saturated carbocycles. The SMILES string of the molecule is CN(CCCl)CCc1cccc2ccccc12. The minimum Gasteiger partial charge on any atom is -0.305 e. The molecule has 2 heteroatoms. The summed E-state index contributed by atoms with van der Waals surface area (Å²) < 4.78 is 0. The van der Waals surface area contributed by atoms with E-state index in [0.29, 0.717) is 5.88 Å². The third kappa shape index (κ3) is 3.21. The van der Waals surface area contributed by atoms with E-state index in [4.69, 9.17) is 11.6 Å². The van der Waals surface area contributed by atoms with E-state index in [1.54, 1.807) is 0 Å². The number of alkyl halides is 1. The van der Waals surface area contributed by atoms with Crippen molar-refractivity contribution in [2.75, 3.05) is 26.0 Å². The molecule has 0 radical (unpaired) electrons. The van der Waals surface area contributed by atoms with Crippen LogP contribution in [0.1, 0.15) is 5.56 Å². The van der Waals surface area contributed by atoms with Crippen molar-refractivity contribution < 1.29 is 0 Å². The van der Waals surface area contributed by atoms with Gasteiger partial charge in [0.05, 0.1) is 0 Å². The van der Waals surface area contributed by atoms with Crippen molar-refractivity contribution in [3.63, 3.8) is 0 Å². The van der Waals surface area contributed by atoms with Gasteiger partial charge in [0.25, 0.3) is 0 Å². The standard InChI is InChI=1S/C15H18ClN/c1-17(12-10-16)11-9-14-7-4-6-13-5-2-3-8-15(13)14/h2-8H,9-12H2,1H3. The van der Waals surface area contributed by atoms with Gasteiger partial charge in [0.1, 0.15) is 0 Å². The quantitative estimate of drug-likeness (QED) is 0.731. The number of rotatable bonds is 5. The van der Waals surface area contributed by atoms with Crippen molar-refractivity contribution in [2.45, 2.75) is 6.42 Å². The third-order valence-electron chi connectivity index (χ3n) is 3.11. The van der Waals surface area contributed by atoms with Crippen LogP contribution in [0.15, 0.2) is 42.5 Å². The van der Waals surface area contributed by atoms with Gasteiger partial charge in [-0.1, -0.05) is 42.5 Å². The molecule has 0 aliphatic rings. The zero-order chi connectivity index (χ0) is 12.1. The molecular weight excluding hydrogens is 230 g/mol. The van der Waals surface area contributed by atoms with Crippen LogP contribution in [0.2, 0.25) is 0 Å². The van der Waals surface area contributed by atoms with E-state index in [-0.39, 0.29) is 0 Å². The first kappa shape index (κ1) is 12.4. The largest absolute Gasteiger partial charge is 0.305 e. The average molecular weight is 248 g/mol. The predicted molar refractivity (Wildman–Crippen MR) is 75.9 cm³/mol. The van der Waals surface area contributed by atoms with Gasteiger partial charge in [-0.3, -0.25) is 0 Å². The van der Waals surface area contributed by atoms with E-state index >= 15 is 0 Å². The lowest BCUT2D eigenvalue weighted by atomic mass is 10.0. The van der Waals surface area contributed by atoms with Crippen LogP contribution in [0.5, 0.6) is 0 Å². The minimum absolute atomic E-state index is 0.700. The Hall–Kier alpha value is -1.05. The summed E-state index contributed by atoms with van der Waals surface area (Å²) in [6, 6.07) is 15.1. The fourth-order valence-electron chi connectivity index (χ4n) is 2.08. The highest BCUT2D eigenvalue weighted by atomic mass is 35.5. The van der Waals surface area contributed by atoms with E-state index < -0.39 is 0 Å². The van der Waals surface area contributed by atoms with E-state index in [2.05, 4.69) is 54.4 Å². The van der Waals surface area contributed by atoms with Crippen molar-refractivity contribution in [3.8, 4) is 0 Å². The Morgan fingerprint density at radius 3 is 2.59 bits per heavy atom. The van der Waals surface area contributed by atoms with Crippen molar-refractivity contribution in [2.24, 2.45) is 0 Å². The first-order valence-electron chi connectivity index (χ1n) is 6.02. The molecule has 0 fully saturated rings. The van der Waals surface area contributed by atoms with E-state index in [9.17, 15) is 0 Å². The minimum atomic E-state index is 0.700. The molecule has 17 heavy (non-hydrogen) atoms. The maximum atomic E-state index is 5.73. The number of nitrogens with zero attached hydrogens (tertiary/aromatic N) is 1. The Morgan fingerprint density at radius 2 is 1.76 bits per heavy atom. The Bertz CT molecular complexity index is 476. The van der Waals surface area contributed by atoms with Crippen molar-refractivity contribution in [3.05, 3.63) is 48.0 Å². The van der Waals surface area contributed by atoms with Gasteiger partial charge >= 0.3 is 0 Å². The summed E-state index contributed by atoms with van der Waals surface area (Å²) >= 11 is 5.73. The summed E-state index contributed by atoms with van der Waals surface area (Å²) in [4.78, 5) is 2.27. The van der Waals surface area contributed by atoms with Crippen LogP contribution in [0.3, 0.4) is 0 Å². The zero-order valence-electron chi connectivity index (χ0n) is 10.2. The second kappa shape index (κ2) is 6.04. The molecule has 0 aromatic heterocycles. The van der Waals surface area contributed by atoms with Crippen molar-refractivity contribution in [1.82, 2.24) is 4.90 Å². The van der Waals surface area contributed by atoms with Gasteiger partial charge in [0.15, 0.2) is 0 Å². The van der Waals surface area contributed by atoms with E-state index in [0.717, 1.165) is 19.5 Å². The summed E-state index contributed by atoms with van der Waals surface area (Å²) in [5.41, 5.74) is 1.42. The van der Waals surface area contributed by atoms with Crippen molar-refractivity contribution >= 4 is 22.4 Å². The fourth-order valence-corrected chi connectivity index (χ4v) is 2.37. The van der Waals surface area contributed by atoms with Crippen molar-refractivity contribution in [1.29, 1.82) is 0 Å². The number of fused-ring (bicyclic) bond motifs is 1. The molecule has 2 aromatic carbocycles. The second-order valence-corrected chi connectivity index (χ2v) is 4.76. The molecule has 1 nitrogen and oxygen atoms in total. The molecule has 0 atom stereocenters. The third-order valence-corrected chi connectivity index (χ3v) is 3.28. The lowest BCUT2D eigenvalue weighted by molar-refractivity contribution is 0.360. The van der Waals surface area contributed by atoms with Crippen LogP contribution in [0.4, 0.5) is 0 Å². The van der Waals surface area contributed by atoms with Gasteiger partial charge in [0, 0.05) is 19.0 Å². The fraction of sp³-hybridized carbons (Fsp3) is 0.333. The first-order chi connectivity index (χ1) is 8.31. The molecule has 0 saturated heterocycles. The van der Waals surface area contributed by atoms with Gasteiger partial charge in [-0.2, -0.15) is 0 Å². The van der Waals surface area contributed by atoms with Gasteiger partial charge < -0.3 is 4.90 Å². The van der Waals surface area contributed by atoms with Gasteiger partial charge in [-0.05, 0) is 29.8 Å². The smallest absolute Gasteiger partial charge is 0.0351 e. The molecule has 0 bridgehead atoms. The summed E-state index contributed by atoms with van der Waals surface area (Å²) in [5, 5.41) is 2.69. The first-order valence-corrected chi connectivity index (χ1v) is 6.56. The topological polar surface area (TPSA) is 3.24 Å². The highest BCUT2D eigenvalue weighted by Crippen LogP contribution is 2.18. The van der Waals surface area contributed by atoms with Crippen LogP contribution >= 0.6 is 11.6 Å². The average Bonchev–Trinajstić information content (AvgIpc) is 2.36. The molecule has 0 heterocycles. The summed E-state index contributed by atoms with van der Waals surface area (Å²) in [5.74, 6) is 0.700. The van der Waals surface area contributed by atoms with Crippen LogP contribution in [0, 0.1) is 0 Å². The molecule has 2 aromatic rings. The van der Waals surface area contributed by atoms with Gasteiger partial charge in [-0.25, -0.2) is 0 Å².